The molecule has 78 heavy (non-hydrogen) atoms. The van der Waals surface area contributed by atoms with Crippen LogP contribution in [-0.2, 0) is 44.8 Å². The second-order valence-electron chi connectivity index (χ2n) is 24.0. The van der Waals surface area contributed by atoms with Crippen LogP contribution in [-0.4, -0.2) is 46.9 Å². The van der Waals surface area contributed by atoms with E-state index >= 15 is 0 Å². The smallest absolute Gasteiger partial charge is 0.342 e. The number of aryl methyl sites for hydroxylation is 3. The molecule has 0 spiro atoms. The number of unbranched alkanes of at least 4 members (excludes halogenated alkanes) is 6. The minimum atomic E-state index is -1.66. The third kappa shape index (κ3) is 14.8. The van der Waals surface area contributed by atoms with E-state index in [9.17, 15) is 44.1 Å². The van der Waals surface area contributed by atoms with Gasteiger partial charge < -0.3 is 29.5 Å². The van der Waals surface area contributed by atoms with Crippen LogP contribution in [0, 0.1) is 20.8 Å². The van der Waals surface area contributed by atoms with Crippen molar-refractivity contribution in [3.05, 3.63) is 118 Å². The van der Waals surface area contributed by atoms with Crippen LogP contribution in [0.4, 0.5) is 0 Å². The number of aromatic nitrogens is 3. The third-order valence-electron chi connectivity index (χ3n) is 16.1. The molecule has 6 unspecified atom stereocenters. The van der Waals surface area contributed by atoms with Gasteiger partial charge in [-0.1, -0.05) is 156 Å². The number of carbonyl (C=O) groups excluding carboxylic acids is 3. The first-order chi connectivity index (χ1) is 36.3. The first-order valence-corrected chi connectivity index (χ1v) is 28.4. The topological polar surface area (TPSA) is 206 Å². The highest BCUT2D eigenvalue weighted by atomic mass is 16.6. The van der Waals surface area contributed by atoms with Crippen molar-refractivity contribution in [2.75, 3.05) is 0 Å². The summed E-state index contributed by atoms with van der Waals surface area (Å²) in [6.45, 7) is 32.5. The number of aromatic hydroxyl groups is 3. The minimum Gasteiger partial charge on any atom is -0.507 e. The fraction of sp³-hybridized carbons (Fsp3) is 0.619. The number of hydrogen-bond acceptors (Lipinski definition) is 12. The Morgan fingerprint density at radius 2 is 0.641 bits per heavy atom. The molecule has 1 aromatic heterocycles. The summed E-state index contributed by atoms with van der Waals surface area (Å²) in [6.07, 6.45) is 6.36. The summed E-state index contributed by atoms with van der Waals surface area (Å²) in [4.78, 5) is 86.7. The van der Waals surface area contributed by atoms with Crippen LogP contribution in [0.25, 0.3) is 0 Å². The lowest BCUT2D eigenvalue weighted by Gasteiger charge is -2.29. The quantitative estimate of drug-likeness (QED) is 0.0290. The zero-order chi connectivity index (χ0) is 58.9. The van der Waals surface area contributed by atoms with Gasteiger partial charge in [-0.25, -0.2) is 28.1 Å². The van der Waals surface area contributed by atoms with Gasteiger partial charge in [0, 0.05) is 16.7 Å². The molecule has 3 aromatic carbocycles. The number of rotatable bonds is 27. The largest absolute Gasteiger partial charge is 0.507 e. The van der Waals surface area contributed by atoms with Gasteiger partial charge >= 0.3 is 35.0 Å². The molecule has 0 aliphatic carbocycles. The van der Waals surface area contributed by atoms with Crippen molar-refractivity contribution in [1.29, 1.82) is 0 Å². The summed E-state index contributed by atoms with van der Waals surface area (Å²) >= 11 is 0. The molecule has 0 saturated carbocycles. The molecule has 0 aliphatic rings. The summed E-state index contributed by atoms with van der Waals surface area (Å²) in [5.41, 5.74) is 0.160. The molecule has 0 radical (unpaired) electrons. The number of carbonyl (C=O) groups is 3. The van der Waals surface area contributed by atoms with Gasteiger partial charge in [0.2, 0.25) is 0 Å². The molecule has 0 fully saturated rings. The van der Waals surface area contributed by atoms with E-state index in [1.807, 2.05) is 41.5 Å². The molecule has 15 heteroatoms. The Kier molecular flexibility index (Phi) is 22.0. The van der Waals surface area contributed by atoms with Crippen molar-refractivity contribution < 1.29 is 43.9 Å². The molecule has 0 aliphatic heterocycles. The minimum absolute atomic E-state index is 0.131. The monoisotopic (exact) mass is 1080 g/mol. The Labute approximate surface area is 463 Å². The second-order valence-corrected chi connectivity index (χ2v) is 24.0. The molecule has 3 N–H and O–H groups in total. The van der Waals surface area contributed by atoms with E-state index in [0.29, 0.717) is 63.8 Å². The summed E-state index contributed by atoms with van der Waals surface area (Å²) < 4.78 is 19.4. The van der Waals surface area contributed by atoms with Crippen LogP contribution in [0.3, 0.4) is 0 Å². The maximum absolute atomic E-state index is 14.7. The number of hydrogen-bond donors (Lipinski definition) is 3. The Hall–Kier alpha value is -6.12. The second kappa shape index (κ2) is 26.7. The van der Waals surface area contributed by atoms with Crippen molar-refractivity contribution in [3.8, 4) is 17.2 Å². The van der Waals surface area contributed by atoms with Gasteiger partial charge in [0.25, 0.3) is 0 Å². The van der Waals surface area contributed by atoms with Crippen LogP contribution in [0.5, 0.6) is 17.2 Å². The zero-order valence-electron chi connectivity index (χ0n) is 50.3. The molecule has 4 rings (SSSR count). The van der Waals surface area contributed by atoms with Crippen LogP contribution >= 0.6 is 0 Å². The van der Waals surface area contributed by atoms with Gasteiger partial charge in [-0.15, -0.1) is 0 Å². The van der Waals surface area contributed by atoms with Crippen LogP contribution in [0.1, 0.15) is 267 Å². The van der Waals surface area contributed by atoms with Gasteiger partial charge in [-0.2, -0.15) is 0 Å². The number of nitrogens with zero attached hydrogens (tertiary/aromatic N) is 3. The molecule has 15 nitrogen and oxygen atoms in total. The van der Waals surface area contributed by atoms with Crippen molar-refractivity contribution in [1.82, 2.24) is 13.7 Å². The van der Waals surface area contributed by atoms with Crippen molar-refractivity contribution in [2.45, 2.75) is 254 Å². The fourth-order valence-electron chi connectivity index (χ4n) is 10.5. The normalized spacial score (nSPS) is 14.5. The van der Waals surface area contributed by atoms with Gasteiger partial charge in [-0.05, 0) is 131 Å². The van der Waals surface area contributed by atoms with Gasteiger partial charge in [0.05, 0.1) is 17.8 Å². The molecule has 0 amide bonds. The summed E-state index contributed by atoms with van der Waals surface area (Å²) in [5.74, 6) is -4.96. The van der Waals surface area contributed by atoms with Crippen molar-refractivity contribution in [3.63, 3.8) is 0 Å². The van der Waals surface area contributed by atoms with Gasteiger partial charge in [-0.3, -0.25) is 14.4 Å². The number of benzene rings is 3. The van der Waals surface area contributed by atoms with E-state index in [0.717, 1.165) is 77.0 Å². The Morgan fingerprint density at radius 3 is 0.846 bits per heavy atom. The predicted octanol–water partition coefficient (Wildman–Crippen LogP) is 13.4. The Bertz CT molecular complexity index is 2610. The van der Waals surface area contributed by atoms with E-state index in [-0.39, 0.29) is 17.2 Å². The highest BCUT2D eigenvalue weighted by Gasteiger charge is 2.35. The van der Waals surface area contributed by atoms with Crippen LogP contribution < -0.4 is 17.1 Å². The highest BCUT2D eigenvalue weighted by Crippen LogP contribution is 2.42. The lowest BCUT2D eigenvalue weighted by atomic mass is 9.77. The van der Waals surface area contributed by atoms with Crippen LogP contribution in [0.15, 0.2) is 50.8 Å². The Morgan fingerprint density at radius 1 is 0.423 bits per heavy atom. The molecule has 6 atom stereocenters. The molecule has 0 bridgehead atoms. The van der Waals surface area contributed by atoms with E-state index in [1.165, 1.54) is 20.8 Å². The summed E-state index contributed by atoms with van der Waals surface area (Å²) in [6, 6.07) is 10.4. The third-order valence-corrected chi connectivity index (χ3v) is 16.1. The number of esters is 3. The molecule has 1 heterocycles. The Balaban J connectivity index is 1.82. The maximum Gasteiger partial charge on any atom is 0.342 e. The van der Waals surface area contributed by atoms with Crippen molar-refractivity contribution >= 4 is 17.9 Å². The van der Waals surface area contributed by atoms with E-state index in [1.54, 1.807) is 77.9 Å². The zero-order valence-corrected chi connectivity index (χ0v) is 50.3. The standard InChI is InChI=1S/C63H93N3O12/c1-19-22-25-28-61(13,14)49-34-46(31-37(4)52(49)67)40(7)55(70)76-43(10)64-58(73)65(44(11)77-56(71)41(8)47-32-38(5)53(68)50(35-47)62(15,16)29-26-23-20-2)60(75)66(59(64)74)45(12)78-57(72)42(9)48-33-39(6)54(69)51(36-48)63(17,18)30-27-24-21-3/h31-36,40-45,67-69H,19-30H2,1-18H3. The van der Waals surface area contributed by atoms with E-state index < -0.39 is 87.7 Å². The number of phenolic OH excluding ortho intramolecular Hbond substituents is 3. The van der Waals surface area contributed by atoms with E-state index in [4.69, 9.17) is 14.2 Å². The first-order valence-electron chi connectivity index (χ1n) is 28.4. The molecular formula is C63H93N3O12. The van der Waals surface area contributed by atoms with E-state index in [2.05, 4.69) is 20.8 Å². The maximum atomic E-state index is 14.7. The fourth-order valence-corrected chi connectivity index (χ4v) is 10.5. The average molecular weight is 1080 g/mol. The SMILES string of the molecule is CCCCCC(C)(C)c1cc(C(C)C(=O)OC(C)n2c(=O)n(C(C)OC(=O)C(C)c3cc(C)c(O)c(C(C)(C)CCCCC)c3)c(=O)n(C(C)OC(=O)C(C)c3cc(C)c(O)c(C(C)(C)CCCCC)c3)c2=O)cc(C)c1O. The molecule has 432 valence electrons. The lowest BCUT2D eigenvalue weighted by molar-refractivity contribution is -0.156. The predicted molar refractivity (Wildman–Crippen MR) is 307 cm³/mol. The molecule has 4 aromatic rings. The number of phenols is 3. The first kappa shape index (κ1) is 64.4. The van der Waals surface area contributed by atoms with Gasteiger partial charge in [0.1, 0.15) is 17.2 Å². The molecular weight excluding hydrogens is 991 g/mol. The highest BCUT2D eigenvalue weighted by molar-refractivity contribution is 5.79. The summed E-state index contributed by atoms with van der Waals surface area (Å²) in [7, 11) is 0. The summed E-state index contributed by atoms with van der Waals surface area (Å²) in [5, 5.41) is 33.7. The van der Waals surface area contributed by atoms with Crippen molar-refractivity contribution in [2.24, 2.45) is 0 Å². The van der Waals surface area contributed by atoms with Gasteiger partial charge in [0.15, 0.2) is 18.7 Å². The average Bonchev–Trinajstić information content (AvgIpc) is 3.36. The lowest BCUT2D eigenvalue weighted by Crippen LogP contribution is -2.57. The molecule has 0 saturated heterocycles. The van der Waals surface area contributed by atoms with Crippen LogP contribution in [0.2, 0.25) is 0 Å². The number of ether oxygens (including phenoxy) is 3.